The van der Waals surface area contributed by atoms with E-state index in [4.69, 9.17) is 0 Å². The fraction of sp³-hybridized carbons (Fsp3) is 0.250. The number of likely N-dealkylation sites (N-methyl/N-ethyl adjacent to an activating group) is 1. The van der Waals surface area contributed by atoms with Crippen molar-refractivity contribution in [2.75, 3.05) is 13.6 Å². The Bertz CT molecular complexity index is 768. The minimum absolute atomic E-state index is 0.00610. The van der Waals surface area contributed by atoms with Gasteiger partial charge < -0.3 is 4.90 Å². The molecule has 3 aromatic rings. The zero-order valence-electron chi connectivity index (χ0n) is 12.4. The van der Waals surface area contributed by atoms with Crippen molar-refractivity contribution in [1.29, 1.82) is 0 Å². The quantitative estimate of drug-likeness (QED) is 0.716. The van der Waals surface area contributed by atoms with E-state index in [1.165, 1.54) is 0 Å². The maximum Gasteiger partial charge on any atom is 0.244 e. The molecule has 2 aromatic heterocycles. The predicted octanol–water partition coefficient (Wildman–Crippen LogP) is 1.53. The lowest BCUT2D eigenvalue weighted by molar-refractivity contribution is -0.130. The molecule has 6 heteroatoms. The highest BCUT2D eigenvalue weighted by molar-refractivity contribution is 5.79. The maximum absolute atomic E-state index is 12.3. The van der Waals surface area contributed by atoms with E-state index < -0.39 is 0 Å². The van der Waals surface area contributed by atoms with Crippen molar-refractivity contribution >= 4 is 16.9 Å². The van der Waals surface area contributed by atoms with Crippen LogP contribution in [-0.4, -0.2) is 44.4 Å². The fourth-order valence-corrected chi connectivity index (χ4v) is 2.24. The van der Waals surface area contributed by atoms with Crippen molar-refractivity contribution in [3.63, 3.8) is 0 Å². The Hall–Kier alpha value is -2.76. The number of aromatic nitrogens is 4. The first-order valence-electron chi connectivity index (χ1n) is 7.16. The molecule has 0 N–H and O–H groups in total. The Kier molecular flexibility index (Phi) is 4.09. The van der Waals surface area contributed by atoms with Gasteiger partial charge in [-0.05, 0) is 24.3 Å². The van der Waals surface area contributed by atoms with Crippen LogP contribution in [0.5, 0.6) is 0 Å². The third kappa shape index (κ3) is 3.11. The van der Waals surface area contributed by atoms with E-state index in [1.54, 1.807) is 22.8 Å². The summed E-state index contributed by atoms with van der Waals surface area (Å²) in [4.78, 5) is 18.3. The Morgan fingerprint density at radius 2 is 2.00 bits per heavy atom. The molecule has 0 saturated carbocycles. The first kappa shape index (κ1) is 14.2. The number of nitrogens with zero attached hydrogens (tertiary/aromatic N) is 5. The molecule has 0 saturated heterocycles. The number of para-hydroxylation sites is 1. The lowest BCUT2D eigenvalue weighted by Gasteiger charge is -2.16. The van der Waals surface area contributed by atoms with Gasteiger partial charge in [0.2, 0.25) is 5.91 Å². The minimum Gasteiger partial charge on any atom is -0.344 e. The number of pyridine rings is 1. The second kappa shape index (κ2) is 6.34. The summed E-state index contributed by atoms with van der Waals surface area (Å²) in [6.45, 7) is 0.821. The molecular formula is C16H17N5O. The SMILES string of the molecule is CN(CCc1ccccn1)C(=O)Cn1nnc2ccccc21. The molecule has 0 spiro atoms. The van der Waals surface area contributed by atoms with Gasteiger partial charge in [0, 0.05) is 31.9 Å². The van der Waals surface area contributed by atoms with Crippen molar-refractivity contribution in [3.05, 3.63) is 54.4 Å². The Morgan fingerprint density at radius 1 is 1.18 bits per heavy atom. The topological polar surface area (TPSA) is 63.9 Å². The van der Waals surface area contributed by atoms with E-state index in [2.05, 4.69) is 15.3 Å². The van der Waals surface area contributed by atoms with Gasteiger partial charge in [0.1, 0.15) is 12.1 Å². The molecule has 0 aliphatic rings. The number of fused-ring (bicyclic) bond motifs is 1. The third-order valence-electron chi connectivity index (χ3n) is 3.56. The number of rotatable bonds is 5. The normalized spacial score (nSPS) is 10.8. The summed E-state index contributed by atoms with van der Waals surface area (Å²) in [5.41, 5.74) is 2.65. The molecule has 22 heavy (non-hydrogen) atoms. The standard InChI is InChI=1S/C16H17N5O/c1-20(11-9-13-6-4-5-10-17-13)16(22)12-21-15-8-3-2-7-14(15)18-19-21/h2-8,10H,9,11-12H2,1H3. The highest BCUT2D eigenvalue weighted by atomic mass is 16.2. The van der Waals surface area contributed by atoms with Crippen molar-refractivity contribution in [3.8, 4) is 0 Å². The van der Waals surface area contributed by atoms with Crippen molar-refractivity contribution in [2.45, 2.75) is 13.0 Å². The van der Waals surface area contributed by atoms with Gasteiger partial charge in [0.15, 0.2) is 0 Å². The maximum atomic E-state index is 12.3. The number of hydrogen-bond acceptors (Lipinski definition) is 4. The number of amides is 1. The number of carbonyl (C=O) groups excluding carboxylic acids is 1. The molecule has 2 heterocycles. The van der Waals surface area contributed by atoms with Crippen LogP contribution in [0.25, 0.3) is 11.0 Å². The molecule has 0 bridgehead atoms. The van der Waals surface area contributed by atoms with Gasteiger partial charge in [0.05, 0.1) is 5.52 Å². The van der Waals surface area contributed by atoms with Gasteiger partial charge in [-0.2, -0.15) is 0 Å². The van der Waals surface area contributed by atoms with Crippen LogP contribution in [0.3, 0.4) is 0 Å². The molecule has 0 unspecified atom stereocenters. The largest absolute Gasteiger partial charge is 0.344 e. The number of hydrogen-bond donors (Lipinski definition) is 0. The average Bonchev–Trinajstić information content (AvgIpc) is 2.97. The summed E-state index contributed by atoms with van der Waals surface area (Å²) in [6, 6.07) is 13.4. The molecule has 0 aliphatic heterocycles. The van der Waals surface area contributed by atoms with Gasteiger partial charge in [-0.1, -0.05) is 23.4 Å². The first-order valence-corrected chi connectivity index (χ1v) is 7.16. The van der Waals surface area contributed by atoms with Crippen LogP contribution < -0.4 is 0 Å². The lowest BCUT2D eigenvalue weighted by Crippen LogP contribution is -2.32. The first-order chi connectivity index (χ1) is 10.7. The summed E-state index contributed by atoms with van der Waals surface area (Å²) < 4.78 is 1.63. The van der Waals surface area contributed by atoms with Crippen LogP contribution >= 0.6 is 0 Å². The molecule has 1 aromatic carbocycles. The lowest BCUT2D eigenvalue weighted by atomic mass is 10.2. The predicted molar refractivity (Wildman–Crippen MR) is 83.1 cm³/mol. The van der Waals surface area contributed by atoms with E-state index in [-0.39, 0.29) is 12.5 Å². The van der Waals surface area contributed by atoms with E-state index in [1.807, 2.05) is 42.5 Å². The monoisotopic (exact) mass is 295 g/mol. The molecular weight excluding hydrogens is 278 g/mol. The zero-order valence-corrected chi connectivity index (χ0v) is 12.4. The van der Waals surface area contributed by atoms with E-state index in [0.29, 0.717) is 6.54 Å². The smallest absolute Gasteiger partial charge is 0.244 e. The summed E-state index contributed by atoms with van der Waals surface area (Å²) in [7, 11) is 1.80. The van der Waals surface area contributed by atoms with Crippen LogP contribution in [0.1, 0.15) is 5.69 Å². The van der Waals surface area contributed by atoms with Crippen LogP contribution in [0.15, 0.2) is 48.7 Å². The molecule has 1 amide bonds. The average molecular weight is 295 g/mol. The van der Waals surface area contributed by atoms with E-state index in [9.17, 15) is 4.79 Å². The minimum atomic E-state index is 0.00610. The van der Waals surface area contributed by atoms with Crippen molar-refractivity contribution in [2.24, 2.45) is 0 Å². The summed E-state index contributed by atoms with van der Waals surface area (Å²) in [6.07, 6.45) is 2.50. The third-order valence-corrected chi connectivity index (χ3v) is 3.56. The zero-order chi connectivity index (χ0) is 15.4. The van der Waals surface area contributed by atoms with Gasteiger partial charge in [-0.15, -0.1) is 5.10 Å². The van der Waals surface area contributed by atoms with Gasteiger partial charge in [-0.25, -0.2) is 4.68 Å². The highest BCUT2D eigenvalue weighted by Gasteiger charge is 2.12. The molecule has 0 aliphatic carbocycles. The summed E-state index contributed by atoms with van der Waals surface area (Å²) in [5.74, 6) is 0.00610. The Labute approximate surface area is 128 Å². The second-order valence-corrected chi connectivity index (χ2v) is 5.12. The molecule has 6 nitrogen and oxygen atoms in total. The van der Waals surface area contributed by atoms with Crippen molar-refractivity contribution < 1.29 is 4.79 Å². The van der Waals surface area contributed by atoms with Crippen LogP contribution in [0.4, 0.5) is 0 Å². The summed E-state index contributed by atoms with van der Waals surface area (Å²) >= 11 is 0. The molecule has 0 radical (unpaired) electrons. The molecule has 0 fully saturated rings. The van der Waals surface area contributed by atoms with E-state index in [0.717, 1.165) is 23.1 Å². The second-order valence-electron chi connectivity index (χ2n) is 5.12. The Morgan fingerprint density at radius 3 is 2.82 bits per heavy atom. The summed E-state index contributed by atoms with van der Waals surface area (Å²) in [5, 5.41) is 8.10. The van der Waals surface area contributed by atoms with Gasteiger partial charge >= 0.3 is 0 Å². The van der Waals surface area contributed by atoms with E-state index >= 15 is 0 Å². The molecule has 3 rings (SSSR count). The van der Waals surface area contributed by atoms with Crippen molar-refractivity contribution in [1.82, 2.24) is 24.9 Å². The Balaban J connectivity index is 1.61. The number of benzene rings is 1. The number of carbonyl (C=O) groups is 1. The van der Waals surface area contributed by atoms with Gasteiger partial charge in [-0.3, -0.25) is 9.78 Å². The van der Waals surface area contributed by atoms with Gasteiger partial charge in [0.25, 0.3) is 0 Å². The fourth-order valence-electron chi connectivity index (χ4n) is 2.24. The van der Waals surface area contributed by atoms with Crippen LogP contribution in [0, 0.1) is 0 Å². The molecule has 0 atom stereocenters. The van der Waals surface area contributed by atoms with Crippen LogP contribution in [0.2, 0.25) is 0 Å². The highest BCUT2D eigenvalue weighted by Crippen LogP contribution is 2.09. The van der Waals surface area contributed by atoms with Crippen LogP contribution in [-0.2, 0) is 17.8 Å². The molecule has 112 valence electrons.